The molecule has 0 unspecified atom stereocenters. The van der Waals surface area contributed by atoms with Crippen LogP contribution in [0.4, 0.5) is 5.82 Å². The molecular formula is C24H21N5O. The van der Waals surface area contributed by atoms with Crippen LogP contribution in [0.2, 0.25) is 0 Å². The van der Waals surface area contributed by atoms with Crippen LogP contribution in [0.15, 0.2) is 72.9 Å². The number of hydrogen-bond acceptors (Lipinski definition) is 4. The lowest BCUT2D eigenvalue weighted by molar-refractivity contribution is 0.101. The predicted molar refractivity (Wildman–Crippen MR) is 115 cm³/mol. The molecule has 0 aliphatic heterocycles. The van der Waals surface area contributed by atoms with Crippen LogP contribution in [0, 0.1) is 0 Å². The monoisotopic (exact) mass is 395 g/mol. The minimum atomic E-state index is -0.359. The number of carbonyl (C=O) groups is 1. The number of nitrogens with zero attached hydrogens (tertiary/aromatic N) is 3. The Hall–Kier alpha value is -3.80. The van der Waals surface area contributed by atoms with Crippen LogP contribution in [0.5, 0.6) is 0 Å². The minimum absolute atomic E-state index is 0.173. The van der Waals surface area contributed by atoms with Crippen LogP contribution in [0.1, 0.15) is 46.3 Å². The molecule has 30 heavy (non-hydrogen) atoms. The van der Waals surface area contributed by atoms with Gasteiger partial charge in [-0.25, -0.2) is 4.98 Å². The van der Waals surface area contributed by atoms with Gasteiger partial charge in [0.05, 0.1) is 0 Å². The maximum absolute atomic E-state index is 12.6. The Balaban J connectivity index is 1.32. The van der Waals surface area contributed by atoms with E-state index in [-0.39, 0.29) is 11.7 Å². The Labute approximate surface area is 174 Å². The molecule has 5 rings (SSSR count). The summed E-state index contributed by atoms with van der Waals surface area (Å²) >= 11 is 0. The van der Waals surface area contributed by atoms with Gasteiger partial charge in [0.15, 0.2) is 0 Å². The zero-order valence-electron chi connectivity index (χ0n) is 16.4. The fraction of sp³-hybridized carbons (Fsp3) is 0.167. The Bertz CT molecular complexity index is 1180. The Morgan fingerprint density at radius 2 is 1.80 bits per heavy atom. The molecule has 1 aliphatic carbocycles. The van der Waals surface area contributed by atoms with Crippen LogP contribution in [0.3, 0.4) is 0 Å². The molecule has 0 atom stereocenters. The van der Waals surface area contributed by atoms with Crippen LogP contribution < -0.4 is 5.32 Å². The van der Waals surface area contributed by atoms with Gasteiger partial charge in [-0.3, -0.25) is 4.79 Å². The molecule has 0 radical (unpaired) electrons. The van der Waals surface area contributed by atoms with Gasteiger partial charge in [0.2, 0.25) is 5.82 Å². The smallest absolute Gasteiger partial charge is 0.294 e. The summed E-state index contributed by atoms with van der Waals surface area (Å²) < 4.78 is 0. The SMILES string of the molecule is O=C(Nc1cc(-c2ccccc2C2CC2)ccn1)c1nnc(Cc2ccccc2)[nH]1. The van der Waals surface area contributed by atoms with Gasteiger partial charge in [0.1, 0.15) is 11.6 Å². The van der Waals surface area contributed by atoms with Crippen molar-refractivity contribution >= 4 is 11.7 Å². The molecule has 0 saturated heterocycles. The zero-order valence-corrected chi connectivity index (χ0v) is 16.4. The summed E-state index contributed by atoms with van der Waals surface area (Å²) in [7, 11) is 0. The summed E-state index contributed by atoms with van der Waals surface area (Å²) in [6.45, 7) is 0. The molecule has 2 aromatic heterocycles. The zero-order chi connectivity index (χ0) is 20.3. The van der Waals surface area contributed by atoms with Crippen molar-refractivity contribution in [2.45, 2.75) is 25.2 Å². The van der Waals surface area contributed by atoms with E-state index in [1.54, 1.807) is 6.20 Å². The van der Waals surface area contributed by atoms with Gasteiger partial charge in [-0.1, -0.05) is 54.6 Å². The maximum atomic E-state index is 12.6. The highest BCUT2D eigenvalue weighted by Gasteiger charge is 2.26. The molecule has 1 fully saturated rings. The minimum Gasteiger partial charge on any atom is -0.321 e. The molecule has 0 bridgehead atoms. The van der Waals surface area contributed by atoms with Crippen LogP contribution in [-0.4, -0.2) is 26.1 Å². The van der Waals surface area contributed by atoms with Crippen molar-refractivity contribution in [3.05, 3.63) is 95.7 Å². The summed E-state index contributed by atoms with van der Waals surface area (Å²) in [5, 5.41) is 10.9. The van der Waals surface area contributed by atoms with E-state index in [9.17, 15) is 4.79 Å². The Kier molecular flexibility index (Phi) is 4.81. The number of rotatable bonds is 6. The average Bonchev–Trinajstić information content (AvgIpc) is 3.53. The summed E-state index contributed by atoms with van der Waals surface area (Å²) in [5.74, 6) is 1.59. The van der Waals surface area contributed by atoms with E-state index in [2.05, 4.69) is 43.7 Å². The van der Waals surface area contributed by atoms with E-state index < -0.39 is 0 Å². The van der Waals surface area contributed by atoms with Crippen molar-refractivity contribution in [2.24, 2.45) is 0 Å². The van der Waals surface area contributed by atoms with Gasteiger partial charge in [0.25, 0.3) is 5.91 Å². The Morgan fingerprint density at radius 3 is 2.63 bits per heavy atom. The number of carbonyl (C=O) groups excluding carboxylic acids is 1. The molecule has 1 amide bonds. The largest absolute Gasteiger partial charge is 0.321 e. The van der Waals surface area contributed by atoms with E-state index >= 15 is 0 Å². The lowest BCUT2D eigenvalue weighted by Gasteiger charge is -2.10. The van der Waals surface area contributed by atoms with Crippen molar-refractivity contribution < 1.29 is 4.79 Å². The molecule has 1 aliphatic rings. The molecule has 2 aromatic carbocycles. The lowest BCUT2D eigenvalue weighted by atomic mass is 9.97. The highest BCUT2D eigenvalue weighted by Crippen LogP contribution is 2.44. The highest BCUT2D eigenvalue weighted by molar-refractivity contribution is 6.01. The maximum Gasteiger partial charge on any atom is 0.294 e. The van der Waals surface area contributed by atoms with Gasteiger partial charge in [-0.15, -0.1) is 10.2 Å². The van der Waals surface area contributed by atoms with Crippen LogP contribution in [-0.2, 0) is 6.42 Å². The molecule has 1 saturated carbocycles. The van der Waals surface area contributed by atoms with E-state index in [4.69, 9.17) is 0 Å². The first-order chi connectivity index (χ1) is 14.8. The highest BCUT2D eigenvalue weighted by atomic mass is 16.2. The molecule has 4 aromatic rings. The number of aromatic amines is 1. The van der Waals surface area contributed by atoms with Gasteiger partial charge >= 0.3 is 0 Å². The molecule has 6 nitrogen and oxygen atoms in total. The first-order valence-electron chi connectivity index (χ1n) is 10.1. The van der Waals surface area contributed by atoms with Gasteiger partial charge in [-0.2, -0.15) is 0 Å². The van der Waals surface area contributed by atoms with Crippen LogP contribution in [0.25, 0.3) is 11.1 Å². The van der Waals surface area contributed by atoms with E-state index in [1.807, 2.05) is 48.5 Å². The number of H-pyrrole nitrogens is 1. The number of anilines is 1. The van der Waals surface area contributed by atoms with E-state index in [0.717, 1.165) is 11.1 Å². The third kappa shape index (κ3) is 3.98. The van der Waals surface area contributed by atoms with Crippen molar-refractivity contribution in [1.29, 1.82) is 0 Å². The average molecular weight is 395 g/mol. The quantitative estimate of drug-likeness (QED) is 0.500. The van der Waals surface area contributed by atoms with Crippen LogP contribution >= 0.6 is 0 Å². The second-order valence-electron chi connectivity index (χ2n) is 7.53. The molecule has 148 valence electrons. The van der Waals surface area contributed by atoms with Gasteiger partial charge in [-0.05, 0) is 53.1 Å². The van der Waals surface area contributed by atoms with E-state index in [1.165, 1.54) is 24.0 Å². The lowest BCUT2D eigenvalue weighted by Crippen LogP contribution is -2.14. The molecule has 2 heterocycles. The second-order valence-corrected chi connectivity index (χ2v) is 7.53. The third-order valence-electron chi connectivity index (χ3n) is 5.25. The van der Waals surface area contributed by atoms with Crippen molar-refractivity contribution in [3.8, 4) is 11.1 Å². The Morgan fingerprint density at radius 1 is 1.00 bits per heavy atom. The van der Waals surface area contributed by atoms with Crippen molar-refractivity contribution in [3.63, 3.8) is 0 Å². The standard InChI is InChI=1S/C24H21N5O/c30-24(23-26-22(28-29-23)14-16-6-2-1-3-7-16)27-21-15-18(12-13-25-21)20-9-5-4-8-19(20)17-10-11-17/h1-9,12-13,15,17H,10-11,14H2,(H,25,27,30)(H,26,28,29). The third-order valence-corrected chi connectivity index (χ3v) is 5.25. The van der Waals surface area contributed by atoms with Gasteiger partial charge in [0, 0.05) is 12.6 Å². The summed E-state index contributed by atoms with van der Waals surface area (Å²) in [6, 6.07) is 22.2. The number of aromatic nitrogens is 4. The molecular weight excluding hydrogens is 374 g/mol. The molecule has 0 spiro atoms. The first-order valence-corrected chi connectivity index (χ1v) is 10.1. The van der Waals surface area contributed by atoms with Crippen molar-refractivity contribution in [2.75, 3.05) is 5.32 Å². The number of benzene rings is 2. The first kappa shape index (κ1) is 18.2. The van der Waals surface area contributed by atoms with E-state index in [0.29, 0.717) is 24.0 Å². The van der Waals surface area contributed by atoms with Crippen molar-refractivity contribution in [1.82, 2.24) is 20.2 Å². The fourth-order valence-electron chi connectivity index (χ4n) is 3.62. The fourth-order valence-corrected chi connectivity index (χ4v) is 3.62. The summed E-state index contributed by atoms with van der Waals surface area (Å²) in [4.78, 5) is 19.9. The predicted octanol–water partition coefficient (Wildman–Crippen LogP) is 4.59. The number of nitrogens with one attached hydrogen (secondary N) is 2. The molecule has 2 N–H and O–H groups in total. The second kappa shape index (κ2) is 7.91. The topological polar surface area (TPSA) is 83.6 Å². The number of hydrogen-bond donors (Lipinski definition) is 2. The van der Waals surface area contributed by atoms with Gasteiger partial charge < -0.3 is 10.3 Å². The summed E-state index contributed by atoms with van der Waals surface area (Å²) in [5.41, 5.74) is 4.71. The number of amides is 1. The molecule has 6 heteroatoms. The number of pyridine rings is 1. The summed E-state index contributed by atoms with van der Waals surface area (Å²) in [6.07, 6.45) is 4.79. The normalized spacial score (nSPS) is 13.2.